The summed E-state index contributed by atoms with van der Waals surface area (Å²) in [7, 11) is 0. The smallest absolute Gasteiger partial charge is 0.292 e. The van der Waals surface area contributed by atoms with Crippen molar-refractivity contribution in [1.82, 2.24) is 5.32 Å². The Morgan fingerprint density at radius 2 is 1.97 bits per heavy atom. The van der Waals surface area contributed by atoms with E-state index in [-0.39, 0.29) is 23.6 Å². The van der Waals surface area contributed by atoms with E-state index >= 15 is 0 Å². The van der Waals surface area contributed by atoms with E-state index in [0.717, 1.165) is 40.8 Å². The predicted molar refractivity (Wildman–Crippen MR) is 126 cm³/mol. The van der Waals surface area contributed by atoms with E-state index in [0.29, 0.717) is 27.3 Å². The van der Waals surface area contributed by atoms with Crippen LogP contribution < -0.4 is 16.1 Å². The largest absolute Gasteiger partial charge is 0.467 e. The number of amides is 2. The van der Waals surface area contributed by atoms with Crippen molar-refractivity contribution in [2.75, 3.05) is 5.32 Å². The number of benzene rings is 1. The molecule has 7 nitrogen and oxygen atoms in total. The molecule has 33 heavy (non-hydrogen) atoms. The molecule has 0 saturated heterocycles. The van der Waals surface area contributed by atoms with Gasteiger partial charge in [-0.25, -0.2) is 0 Å². The van der Waals surface area contributed by atoms with Crippen LogP contribution in [0.3, 0.4) is 0 Å². The van der Waals surface area contributed by atoms with Gasteiger partial charge in [0.2, 0.25) is 0 Å². The van der Waals surface area contributed by atoms with Crippen LogP contribution in [0.5, 0.6) is 0 Å². The highest BCUT2D eigenvalue weighted by atomic mass is 32.1. The number of carbonyl (C=O) groups is 2. The molecule has 3 heterocycles. The van der Waals surface area contributed by atoms with Gasteiger partial charge in [-0.05, 0) is 68.0 Å². The van der Waals surface area contributed by atoms with Gasteiger partial charge >= 0.3 is 0 Å². The van der Waals surface area contributed by atoms with Gasteiger partial charge in [-0.15, -0.1) is 11.3 Å². The van der Waals surface area contributed by atoms with Crippen molar-refractivity contribution in [3.63, 3.8) is 0 Å². The zero-order valence-electron chi connectivity index (χ0n) is 18.2. The first-order chi connectivity index (χ1) is 15.9. The highest BCUT2D eigenvalue weighted by molar-refractivity contribution is 7.17. The van der Waals surface area contributed by atoms with E-state index < -0.39 is 5.91 Å². The molecule has 5 rings (SSSR count). The van der Waals surface area contributed by atoms with Gasteiger partial charge in [0, 0.05) is 10.9 Å². The minimum absolute atomic E-state index is 0.0898. The van der Waals surface area contributed by atoms with E-state index in [1.54, 1.807) is 24.5 Å². The number of furan rings is 1. The van der Waals surface area contributed by atoms with Gasteiger partial charge in [0.1, 0.15) is 16.3 Å². The molecular formula is C25H22N2O5S. The van der Waals surface area contributed by atoms with Gasteiger partial charge in [0.15, 0.2) is 11.2 Å². The summed E-state index contributed by atoms with van der Waals surface area (Å²) in [5.74, 6) is -0.280. The highest BCUT2D eigenvalue weighted by Crippen LogP contribution is 2.39. The Morgan fingerprint density at radius 3 is 2.76 bits per heavy atom. The summed E-state index contributed by atoms with van der Waals surface area (Å²) in [6.45, 7) is 3.99. The van der Waals surface area contributed by atoms with Crippen LogP contribution in [-0.2, 0) is 19.4 Å². The second-order valence-electron chi connectivity index (χ2n) is 8.21. The summed E-state index contributed by atoms with van der Waals surface area (Å²) in [6, 6.07) is 8.40. The van der Waals surface area contributed by atoms with E-state index in [9.17, 15) is 14.4 Å². The number of hydrogen-bond donors (Lipinski definition) is 2. The molecule has 1 aliphatic rings. The Balaban J connectivity index is 1.45. The third kappa shape index (κ3) is 3.98. The van der Waals surface area contributed by atoms with Gasteiger partial charge < -0.3 is 19.5 Å². The Bertz CT molecular complexity index is 1450. The molecule has 0 radical (unpaired) electrons. The normalized spacial score (nSPS) is 12.7. The van der Waals surface area contributed by atoms with Crippen molar-refractivity contribution in [3.8, 4) is 0 Å². The van der Waals surface area contributed by atoms with E-state index in [1.165, 1.54) is 17.4 Å². The number of nitrogens with one attached hydrogen (secondary N) is 2. The molecule has 168 valence electrons. The summed E-state index contributed by atoms with van der Waals surface area (Å²) in [4.78, 5) is 39.8. The van der Waals surface area contributed by atoms with Crippen LogP contribution in [0.1, 0.15) is 54.7 Å². The topological polar surface area (TPSA) is 102 Å². The van der Waals surface area contributed by atoms with Crippen molar-refractivity contribution in [2.24, 2.45) is 0 Å². The van der Waals surface area contributed by atoms with Crippen molar-refractivity contribution in [1.29, 1.82) is 0 Å². The number of thiophene rings is 1. The highest BCUT2D eigenvalue weighted by Gasteiger charge is 2.28. The Kier molecular flexibility index (Phi) is 5.38. The first-order valence-electron chi connectivity index (χ1n) is 10.7. The maximum Gasteiger partial charge on any atom is 0.292 e. The molecule has 0 fully saturated rings. The number of hydrogen-bond acceptors (Lipinski definition) is 6. The third-order valence-corrected chi connectivity index (χ3v) is 6.98. The zero-order valence-corrected chi connectivity index (χ0v) is 19.1. The maximum atomic E-state index is 13.0. The lowest BCUT2D eigenvalue weighted by atomic mass is 10.1. The standard InChI is InChI=1S/C25H22N2O5S/c1-13-9-14(2)21-17(28)11-19(32-18(21)10-13)23(29)27-25-22(16-6-3-7-20(16)33-25)24(30)26-12-15-5-4-8-31-15/h4-5,8-11H,3,6-7,12H2,1-2H3,(H,26,30)(H,27,29). The van der Waals surface area contributed by atoms with Crippen LogP contribution in [0.4, 0.5) is 5.00 Å². The monoisotopic (exact) mass is 462 g/mol. The van der Waals surface area contributed by atoms with Gasteiger partial charge in [0.05, 0.1) is 23.8 Å². The average Bonchev–Trinajstić information content (AvgIpc) is 3.49. The lowest BCUT2D eigenvalue weighted by molar-refractivity contribution is 0.0948. The number of carbonyl (C=O) groups excluding carboxylic acids is 2. The van der Waals surface area contributed by atoms with Gasteiger partial charge in [-0.3, -0.25) is 14.4 Å². The van der Waals surface area contributed by atoms with Crippen molar-refractivity contribution < 1.29 is 18.4 Å². The lowest BCUT2D eigenvalue weighted by Crippen LogP contribution is -2.25. The van der Waals surface area contributed by atoms with Crippen LogP contribution in [0.2, 0.25) is 0 Å². The minimum Gasteiger partial charge on any atom is -0.467 e. The first kappa shape index (κ1) is 21.2. The maximum absolute atomic E-state index is 13.0. The molecule has 0 unspecified atom stereocenters. The minimum atomic E-state index is -0.562. The fourth-order valence-corrected chi connectivity index (χ4v) is 5.62. The lowest BCUT2D eigenvalue weighted by Gasteiger charge is -2.09. The zero-order chi connectivity index (χ0) is 23.1. The fraction of sp³-hybridized carbons (Fsp3) is 0.240. The quantitative estimate of drug-likeness (QED) is 0.446. The first-order valence-corrected chi connectivity index (χ1v) is 11.5. The van der Waals surface area contributed by atoms with Crippen molar-refractivity contribution in [3.05, 3.63) is 85.5 Å². The molecule has 2 amide bonds. The predicted octanol–water partition coefficient (Wildman–Crippen LogP) is 4.74. The van der Waals surface area contributed by atoms with Crippen molar-refractivity contribution >= 4 is 39.1 Å². The molecule has 0 bridgehead atoms. The molecule has 4 aromatic rings. The molecular weight excluding hydrogens is 440 g/mol. The van der Waals surface area contributed by atoms with Crippen LogP contribution in [0, 0.1) is 13.8 Å². The molecule has 0 saturated carbocycles. The summed E-state index contributed by atoms with van der Waals surface area (Å²) in [5.41, 5.74) is 3.28. The molecule has 8 heteroatoms. The van der Waals surface area contributed by atoms with Crippen LogP contribution >= 0.6 is 11.3 Å². The average molecular weight is 463 g/mol. The molecule has 3 aromatic heterocycles. The third-order valence-electron chi connectivity index (χ3n) is 5.77. The second-order valence-corrected chi connectivity index (χ2v) is 9.31. The number of rotatable bonds is 5. The van der Waals surface area contributed by atoms with Crippen LogP contribution in [0.15, 0.2) is 50.2 Å². The molecule has 0 atom stereocenters. The Hall–Kier alpha value is -3.65. The molecule has 1 aliphatic carbocycles. The SMILES string of the molecule is Cc1cc(C)c2c(=O)cc(C(=O)Nc3sc4c(c3C(=O)NCc3ccco3)CCC4)oc2c1. The van der Waals surface area contributed by atoms with Crippen molar-refractivity contribution in [2.45, 2.75) is 39.7 Å². The van der Waals surface area contributed by atoms with Gasteiger partial charge in [-0.2, -0.15) is 0 Å². The van der Waals surface area contributed by atoms with Crippen LogP contribution in [-0.4, -0.2) is 11.8 Å². The summed E-state index contributed by atoms with van der Waals surface area (Å²) in [6.07, 6.45) is 4.19. The van der Waals surface area contributed by atoms with Crippen LogP contribution in [0.25, 0.3) is 11.0 Å². The number of anilines is 1. The fourth-order valence-electron chi connectivity index (χ4n) is 4.34. The summed E-state index contributed by atoms with van der Waals surface area (Å²) < 4.78 is 11.1. The molecule has 1 aromatic carbocycles. The molecule has 2 N–H and O–H groups in total. The number of aryl methyl sites for hydroxylation is 3. The van der Waals surface area contributed by atoms with E-state index in [2.05, 4.69) is 10.6 Å². The Labute approximate surface area is 193 Å². The summed E-state index contributed by atoms with van der Waals surface area (Å²) >= 11 is 1.40. The molecule has 0 spiro atoms. The van der Waals surface area contributed by atoms with E-state index in [4.69, 9.17) is 8.83 Å². The summed E-state index contributed by atoms with van der Waals surface area (Å²) in [5, 5.41) is 6.61. The number of fused-ring (bicyclic) bond motifs is 2. The Morgan fingerprint density at radius 1 is 1.12 bits per heavy atom. The second kappa shape index (κ2) is 8.37. The molecule has 0 aliphatic heterocycles. The van der Waals surface area contributed by atoms with Gasteiger partial charge in [-0.1, -0.05) is 6.07 Å². The van der Waals surface area contributed by atoms with E-state index in [1.807, 2.05) is 19.9 Å². The van der Waals surface area contributed by atoms with Gasteiger partial charge in [0.25, 0.3) is 11.8 Å².